The third-order valence-corrected chi connectivity index (χ3v) is 3.82. The number of hydrogen-bond donors (Lipinski definition) is 2. The molecule has 0 heterocycles. The van der Waals surface area contributed by atoms with E-state index in [1.807, 2.05) is 19.9 Å². The minimum atomic E-state index is -2.87. The molecule has 2 N–H and O–H groups in total. The topological polar surface area (TPSA) is 67.4 Å². The highest BCUT2D eigenvalue weighted by Crippen LogP contribution is 2.14. The normalized spacial score (nSPS) is 10.5. The van der Waals surface area contributed by atoms with Gasteiger partial charge in [0.05, 0.1) is 6.54 Å². The lowest BCUT2D eigenvalue weighted by Gasteiger charge is -2.09. The summed E-state index contributed by atoms with van der Waals surface area (Å²) in [5, 5.41) is 5.20. The zero-order valence-corrected chi connectivity index (χ0v) is 14.5. The largest absolute Gasteiger partial charge is 0.435 e. The van der Waals surface area contributed by atoms with E-state index in [2.05, 4.69) is 15.4 Å². The van der Waals surface area contributed by atoms with E-state index >= 15 is 0 Å². The zero-order chi connectivity index (χ0) is 19.1. The molecule has 0 saturated carbocycles. The number of aryl methyl sites for hydroxylation is 2. The molecule has 0 fully saturated rings. The summed E-state index contributed by atoms with van der Waals surface area (Å²) >= 11 is 0. The Morgan fingerprint density at radius 3 is 2.31 bits per heavy atom. The Hall–Kier alpha value is -2.96. The second-order valence-electron chi connectivity index (χ2n) is 5.78. The van der Waals surface area contributed by atoms with Crippen molar-refractivity contribution in [2.75, 3.05) is 6.54 Å². The van der Waals surface area contributed by atoms with Crippen molar-refractivity contribution in [1.29, 1.82) is 0 Å². The van der Waals surface area contributed by atoms with Gasteiger partial charge in [0.15, 0.2) is 0 Å². The summed E-state index contributed by atoms with van der Waals surface area (Å²) in [5.41, 5.74) is 3.31. The van der Waals surface area contributed by atoms with Crippen LogP contribution in [0, 0.1) is 13.8 Å². The van der Waals surface area contributed by atoms with Crippen LogP contribution in [0.2, 0.25) is 0 Å². The molecule has 2 rings (SSSR count). The molecule has 26 heavy (non-hydrogen) atoms. The van der Waals surface area contributed by atoms with Crippen LogP contribution in [0.5, 0.6) is 5.75 Å². The highest BCUT2D eigenvalue weighted by atomic mass is 19.3. The van der Waals surface area contributed by atoms with Crippen molar-refractivity contribution in [3.63, 3.8) is 0 Å². The van der Waals surface area contributed by atoms with Crippen LogP contribution < -0.4 is 15.4 Å². The van der Waals surface area contributed by atoms with E-state index in [1.165, 1.54) is 12.1 Å². The molecule has 2 amide bonds. The molecule has 0 aliphatic heterocycles. The van der Waals surface area contributed by atoms with Gasteiger partial charge in [-0.25, -0.2) is 0 Å². The first-order chi connectivity index (χ1) is 12.3. The maximum absolute atomic E-state index is 12.1. The van der Waals surface area contributed by atoms with Crippen molar-refractivity contribution in [1.82, 2.24) is 10.6 Å². The van der Waals surface area contributed by atoms with Crippen LogP contribution in [-0.2, 0) is 11.3 Å². The summed E-state index contributed by atoms with van der Waals surface area (Å²) in [6.07, 6.45) is 0. The number of rotatable bonds is 7. The number of benzene rings is 2. The highest BCUT2D eigenvalue weighted by molar-refractivity contribution is 5.96. The second-order valence-corrected chi connectivity index (χ2v) is 5.78. The Kier molecular flexibility index (Phi) is 6.66. The third-order valence-electron chi connectivity index (χ3n) is 3.82. The molecule has 2 aromatic carbocycles. The predicted octanol–water partition coefficient (Wildman–Crippen LogP) is 2.95. The van der Waals surface area contributed by atoms with E-state index in [0.717, 1.165) is 16.7 Å². The molecular formula is C19H20F2N2O3. The molecule has 0 aliphatic carbocycles. The smallest absolute Gasteiger partial charge is 0.387 e. The van der Waals surface area contributed by atoms with Gasteiger partial charge in [-0.3, -0.25) is 9.59 Å². The lowest BCUT2D eigenvalue weighted by atomic mass is 10.1. The summed E-state index contributed by atoms with van der Waals surface area (Å²) in [6, 6.07) is 11.3. The number of ether oxygens (including phenoxy) is 1. The number of hydrogen-bond acceptors (Lipinski definition) is 3. The summed E-state index contributed by atoms with van der Waals surface area (Å²) in [5.74, 6) is -0.623. The van der Waals surface area contributed by atoms with Gasteiger partial charge in [0, 0.05) is 12.1 Å². The maximum Gasteiger partial charge on any atom is 0.387 e. The van der Waals surface area contributed by atoms with Crippen LogP contribution >= 0.6 is 0 Å². The van der Waals surface area contributed by atoms with Crippen LogP contribution in [-0.4, -0.2) is 25.0 Å². The quantitative estimate of drug-likeness (QED) is 0.796. The van der Waals surface area contributed by atoms with Crippen molar-refractivity contribution in [3.05, 3.63) is 64.7 Å². The average Bonchev–Trinajstić information content (AvgIpc) is 2.61. The fourth-order valence-electron chi connectivity index (χ4n) is 2.20. The molecule has 138 valence electrons. The molecule has 5 nitrogen and oxygen atoms in total. The van der Waals surface area contributed by atoms with Gasteiger partial charge in [-0.15, -0.1) is 0 Å². The van der Waals surface area contributed by atoms with E-state index in [1.54, 1.807) is 24.3 Å². The molecule has 0 aliphatic rings. The lowest BCUT2D eigenvalue weighted by Crippen LogP contribution is -2.36. The maximum atomic E-state index is 12.1. The predicted molar refractivity (Wildman–Crippen MR) is 93.2 cm³/mol. The van der Waals surface area contributed by atoms with E-state index in [9.17, 15) is 18.4 Å². The molecule has 0 spiro atoms. The van der Waals surface area contributed by atoms with E-state index in [0.29, 0.717) is 5.56 Å². The summed E-state index contributed by atoms with van der Waals surface area (Å²) in [6.45, 7) is 1.06. The number of carbonyl (C=O) groups is 2. The minimum absolute atomic E-state index is 0.0516. The van der Waals surface area contributed by atoms with E-state index in [4.69, 9.17) is 0 Å². The van der Waals surface area contributed by atoms with Crippen LogP contribution in [0.15, 0.2) is 42.5 Å². The fourth-order valence-corrected chi connectivity index (χ4v) is 2.20. The second kappa shape index (κ2) is 8.94. The first-order valence-corrected chi connectivity index (χ1v) is 8.01. The highest BCUT2D eigenvalue weighted by Gasteiger charge is 2.09. The number of halogens is 2. The van der Waals surface area contributed by atoms with Gasteiger partial charge in [-0.2, -0.15) is 8.78 Å². The number of amides is 2. The molecule has 0 bridgehead atoms. The molecule has 0 atom stereocenters. The Morgan fingerprint density at radius 1 is 1.00 bits per heavy atom. The van der Waals surface area contributed by atoms with Crippen LogP contribution in [0.1, 0.15) is 27.0 Å². The standard InChI is InChI=1S/C19H20F2N2O3/c1-12-3-6-15(9-13(12)2)18(25)23-11-17(24)22-10-14-4-7-16(8-5-14)26-19(20)21/h3-9,19H,10-11H2,1-2H3,(H,22,24)(H,23,25). The van der Waals surface area contributed by atoms with Crippen molar-refractivity contribution in [3.8, 4) is 5.75 Å². The van der Waals surface area contributed by atoms with E-state index < -0.39 is 6.61 Å². The fraction of sp³-hybridized carbons (Fsp3) is 0.263. The van der Waals surface area contributed by atoms with Gasteiger partial charge in [0.1, 0.15) is 5.75 Å². The minimum Gasteiger partial charge on any atom is -0.435 e. The summed E-state index contributed by atoms with van der Waals surface area (Å²) < 4.78 is 28.4. The molecule has 0 radical (unpaired) electrons. The monoisotopic (exact) mass is 362 g/mol. The van der Waals surface area contributed by atoms with Crippen LogP contribution in [0.25, 0.3) is 0 Å². The first-order valence-electron chi connectivity index (χ1n) is 8.01. The Bertz CT molecular complexity index is 777. The SMILES string of the molecule is Cc1ccc(C(=O)NCC(=O)NCc2ccc(OC(F)F)cc2)cc1C. The number of carbonyl (C=O) groups excluding carboxylic acids is 2. The average molecular weight is 362 g/mol. The van der Waals surface area contributed by atoms with Gasteiger partial charge in [-0.1, -0.05) is 18.2 Å². The van der Waals surface area contributed by atoms with Gasteiger partial charge in [0.2, 0.25) is 5.91 Å². The molecule has 0 unspecified atom stereocenters. The van der Waals surface area contributed by atoms with Crippen molar-refractivity contribution in [2.45, 2.75) is 27.0 Å². The summed E-state index contributed by atoms with van der Waals surface area (Å²) in [7, 11) is 0. The van der Waals surface area contributed by atoms with Crippen LogP contribution in [0.3, 0.4) is 0 Å². The van der Waals surface area contributed by atoms with Crippen molar-refractivity contribution in [2.24, 2.45) is 0 Å². The Morgan fingerprint density at radius 2 is 1.69 bits per heavy atom. The zero-order valence-electron chi connectivity index (χ0n) is 14.5. The number of nitrogens with one attached hydrogen (secondary N) is 2. The number of alkyl halides is 2. The van der Waals surface area contributed by atoms with Gasteiger partial charge < -0.3 is 15.4 Å². The van der Waals surface area contributed by atoms with Crippen molar-refractivity contribution < 1.29 is 23.1 Å². The molecule has 2 aromatic rings. The van der Waals surface area contributed by atoms with E-state index in [-0.39, 0.29) is 30.7 Å². The lowest BCUT2D eigenvalue weighted by molar-refractivity contribution is -0.120. The molecule has 0 aromatic heterocycles. The van der Waals surface area contributed by atoms with Crippen LogP contribution in [0.4, 0.5) is 8.78 Å². The Labute approximate surface area is 150 Å². The van der Waals surface area contributed by atoms with Gasteiger partial charge >= 0.3 is 6.61 Å². The molecule has 7 heteroatoms. The molecular weight excluding hydrogens is 342 g/mol. The van der Waals surface area contributed by atoms with Gasteiger partial charge in [-0.05, 0) is 54.8 Å². The summed E-state index contributed by atoms with van der Waals surface area (Å²) in [4.78, 5) is 23.9. The third kappa shape index (κ3) is 5.84. The first kappa shape index (κ1) is 19.4. The molecule has 0 saturated heterocycles. The van der Waals surface area contributed by atoms with Crippen molar-refractivity contribution >= 4 is 11.8 Å². The van der Waals surface area contributed by atoms with Gasteiger partial charge in [0.25, 0.3) is 5.91 Å². The Balaban J connectivity index is 1.78.